The summed E-state index contributed by atoms with van der Waals surface area (Å²) in [6.45, 7) is -2.56. The van der Waals surface area contributed by atoms with Crippen molar-refractivity contribution < 1.29 is 17.9 Å². The van der Waals surface area contributed by atoms with Crippen molar-refractivity contribution in [3.63, 3.8) is 0 Å². The summed E-state index contributed by atoms with van der Waals surface area (Å²) >= 11 is 0. The van der Waals surface area contributed by atoms with Crippen LogP contribution in [-0.4, -0.2) is 13.2 Å². The maximum atomic E-state index is 13.3. The van der Waals surface area contributed by atoms with Gasteiger partial charge in [0.1, 0.15) is 11.6 Å². The highest BCUT2D eigenvalue weighted by molar-refractivity contribution is 5.57. The van der Waals surface area contributed by atoms with Crippen molar-refractivity contribution in [2.45, 2.75) is 13.0 Å². The summed E-state index contributed by atoms with van der Waals surface area (Å²) < 4.78 is 41.6. The number of nitrogens with two attached hydrogens (primary N) is 1. The van der Waals surface area contributed by atoms with E-state index in [-0.39, 0.29) is 11.3 Å². The molecule has 0 radical (unpaired) electrons. The topological polar surface area (TPSA) is 35.2 Å². The van der Waals surface area contributed by atoms with Crippen molar-refractivity contribution >= 4 is 6.08 Å². The Balaban J connectivity index is 2.94. The van der Waals surface area contributed by atoms with E-state index in [1.54, 1.807) is 6.08 Å². The van der Waals surface area contributed by atoms with Gasteiger partial charge in [-0.3, -0.25) is 0 Å². The Morgan fingerprint density at radius 1 is 1.38 bits per heavy atom. The maximum absolute atomic E-state index is 13.3. The van der Waals surface area contributed by atoms with E-state index in [0.717, 1.165) is 0 Å². The lowest BCUT2D eigenvalue weighted by molar-refractivity contribution is -0.0501. The maximum Gasteiger partial charge on any atom is 0.387 e. The molecular weight excluding hydrogens is 219 g/mol. The Hall–Kier alpha value is -1.49. The van der Waals surface area contributed by atoms with Crippen LogP contribution in [0.5, 0.6) is 5.75 Å². The van der Waals surface area contributed by atoms with Gasteiger partial charge < -0.3 is 10.5 Å². The number of hydrogen-bond donors (Lipinski definition) is 1. The highest BCUT2D eigenvalue weighted by Gasteiger charge is 2.10. The fourth-order valence-electron chi connectivity index (χ4n) is 1.18. The van der Waals surface area contributed by atoms with E-state index in [1.807, 2.05) is 0 Å². The molecule has 0 aliphatic heterocycles. The van der Waals surface area contributed by atoms with Crippen LogP contribution in [0, 0.1) is 5.82 Å². The standard InChI is InChI=1S/C11H12F3NO/c12-9-5-3-6-10(16-11(13)14)8(9)4-1-2-7-15/h1,3-6,11H,2,7,15H2. The third-order valence-electron chi connectivity index (χ3n) is 1.85. The van der Waals surface area contributed by atoms with Gasteiger partial charge in [-0.15, -0.1) is 0 Å². The molecule has 0 saturated carbocycles. The zero-order chi connectivity index (χ0) is 12.0. The highest BCUT2D eigenvalue weighted by atomic mass is 19.3. The Morgan fingerprint density at radius 3 is 2.75 bits per heavy atom. The average Bonchev–Trinajstić information content (AvgIpc) is 2.21. The Bertz CT molecular complexity index is 366. The molecule has 0 heterocycles. The summed E-state index contributed by atoms with van der Waals surface area (Å²) in [5.41, 5.74) is 5.26. The van der Waals surface area contributed by atoms with Crippen LogP contribution >= 0.6 is 0 Å². The van der Waals surface area contributed by atoms with E-state index in [0.29, 0.717) is 13.0 Å². The van der Waals surface area contributed by atoms with Crippen LogP contribution in [-0.2, 0) is 0 Å². The third kappa shape index (κ3) is 3.58. The van der Waals surface area contributed by atoms with E-state index in [4.69, 9.17) is 5.73 Å². The van der Waals surface area contributed by atoms with Gasteiger partial charge in [-0.1, -0.05) is 18.2 Å². The van der Waals surface area contributed by atoms with Crippen LogP contribution in [0.3, 0.4) is 0 Å². The number of halogens is 3. The second-order valence-corrected chi connectivity index (χ2v) is 3.01. The molecule has 1 aromatic carbocycles. The summed E-state index contributed by atoms with van der Waals surface area (Å²) in [4.78, 5) is 0. The molecule has 0 spiro atoms. The molecule has 0 aliphatic rings. The first-order valence-electron chi connectivity index (χ1n) is 4.75. The Kier molecular flexibility index (Phi) is 4.85. The van der Waals surface area contributed by atoms with E-state index in [1.165, 1.54) is 24.3 Å². The van der Waals surface area contributed by atoms with Crippen molar-refractivity contribution in [3.8, 4) is 5.75 Å². The number of alkyl halides is 2. The van der Waals surface area contributed by atoms with Gasteiger partial charge in [-0.25, -0.2) is 4.39 Å². The SMILES string of the molecule is NCCC=Cc1c(F)cccc1OC(F)F. The first-order chi connectivity index (χ1) is 7.65. The van der Waals surface area contributed by atoms with Crippen LogP contribution in [0.1, 0.15) is 12.0 Å². The van der Waals surface area contributed by atoms with Gasteiger partial charge in [0.25, 0.3) is 0 Å². The van der Waals surface area contributed by atoms with E-state index >= 15 is 0 Å². The molecule has 0 aromatic heterocycles. The predicted molar refractivity (Wildman–Crippen MR) is 55.7 cm³/mol. The molecule has 1 rings (SSSR count). The van der Waals surface area contributed by atoms with Crippen molar-refractivity contribution in [2.24, 2.45) is 5.73 Å². The largest absolute Gasteiger partial charge is 0.434 e. The van der Waals surface area contributed by atoms with Gasteiger partial charge in [-0.2, -0.15) is 8.78 Å². The normalized spacial score (nSPS) is 11.3. The molecular formula is C11H12F3NO. The summed E-state index contributed by atoms with van der Waals surface area (Å²) in [6, 6.07) is 3.78. The number of hydrogen-bond acceptors (Lipinski definition) is 2. The van der Waals surface area contributed by atoms with Crippen molar-refractivity contribution in [1.29, 1.82) is 0 Å². The zero-order valence-electron chi connectivity index (χ0n) is 8.50. The first-order valence-corrected chi connectivity index (χ1v) is 4.75. The molecule has 1 aromatic rings. The van der Waals surface area contributed by atoms with Gasteiger partial charge in [0.2, 0.25) is 0 Å². The molecule has 2 N–H and O–H groups in total. The number of benzene rings is 1. The van der Waals surface area contributed by atoms with Gasteiger partial charge in [0.15, 0.2) is 0 Å². The fraction of sp³-hybridized carbons (Fsp3) is 0.273. The lowest BCUT2D eigenvalue weighted by Crippen LogP contribution is -2.04. The number of rotatable bonds is 5. The van der Waals surface area contributed by atoms with Gasteiger partial charge in [0.05, 0.1) is 5.56 Å². The minimum atomic E-state index is -2.97. The van der Waals surface area contributed by atoms with Crippen LogP contribution in [0.4, 0.5) is 13.2 Å². The molecule has 0 unspecified atom stereocenters. The highest BCUT2D eigenvalue weighted by Crippen LogP contribution is 2.24. The average molecular weight is 231 g/mol. The fourth-order valence-corrected chi connectivity index (χ4v) is 1.18. The molecule has 88 valence electrons. The lowest BCUT2D eigenvalue weighted by atomic mass is 10.1. The van der Waals surface area contributed by atoms with Crippen molar-refractivity contribution in [2.75, 3.05) is 6.54 Å². The molecule has 0 aliphatic carbocycles. The quantitative estimate of drug-likeness (QED) is 0.845. The predicted octanol–water partition coefficient (Wildman–Crippen LogP) is 2.79. The van der Waals surface area contributed by atoms with Gasteiger partial charge >= 0.3 is 6.61 Å². The monoisotopic (exact) mass is 231 g/mol. The van der Waals surface area contributed by atoms with Crippen LogP contribution < -0.4 is 10.5 Å². The summed E-state index contributed by atoms with van der Waals surface area (Å²) in [6.07, 6.45) is 3.54. The Morgan fingerprint density at radius 2 is 2.12 bits per heavy atom. The minimum absolute atomic E-state index is 0.0104. The van der Waals surface area contributed by atoms with Crippen LogP contribution in [0.2, 0.25) is 0 Å². The first kappa shape index (κ1) is 12.6. The smallest absolute Gasteiger partial charge is 0.387 e. The van der Waals surface area contributed by atoms with Gasteiger partial charge in [0, 0.05) is 0 Å². The van der Waals surface area contributed by atoms with Crippen molar-refractivity contribution in [1.82, 2.24) is 0 Å². The van der Waals surface area contributed by atoms with Crippen molar-refractivity contribution in [3.05, 3.63) is 35.7 Å². The zero-order valence-corrected chi connectivity index (χ0v) is 8.50. The molecule has 0 atom stereocenters. The van der Waals surface area contributed by atoms with Crippen LogP contribution in [0.15, 0.2) is 24.3 Å². The molecule has 0 saturated heterocycles. The third-order valence-corrected chi connectivity index (χ3v) is 1.85. The Labute approximate surface area is 91.5 Å². The second-order valence-electron chi connectivity index (χ2n) is 3.01. The molecule has 0 fully saturated rings. The van der Waals surface area contributed by atoms with Crippen LogP contribution in [0.25, 0.3) is 6.08 Å². The summed E-state index contributed by atoms with van der Waals surface area (Å²) in [5.74, 6) is -0.783. The minimum Gasteiger partial charge on any atom is -0.434 e. The second kappa shape index (κ2) is 6.17. The summed E-state index contributed by atoms with van der Waals surface area (Å²) in [5, 5.41) is 0. The van der Waals surface area contributed by atoms with Gasteiger partial charge in [-0.05, 0) is 25.1 Å². The van der Waals surface area contributed by atoms with E-state index < -0.39 is 12.4 Å². The molecule has 16 heavy (non-hydrogen) atoms. The van der Waals surface area contributed by atoms with E-state index in [9.17, 15) is 13.2 Å². The molecule has 2 nitrogen and oxygen atoms in total. The summed E-state index contributed by atoms with van der Waals surface area (Å²) in [7, 11) is 0. The molecule has 0 bridgehead atoms. The molecule has 0 amide bonds. The lowest BCUT2D eigenvalue weighted by Gasteiger charge is -2.08. The van der Waals surface area contributed by atoms with E-state index in [2.05, 4.69) is 4.74 Å². The number of ether oxygens (including phenoxy) is 1. The molecule has 5 heteroatoms.